The summed E-state index contributed by atoms with van der Waals surface area (Å²) in [6.45, 7) is 5.94. The number of aryl methyl sites for hydroxylation is 1. The summed E-state index contributed by atoms with van der Waals surface area (Å²) in [6.07, 6.45) is -4.29. The van der Waals surface area contributed by atoms with Gasteiger partial charge < -0.3 is 9.84 Å². The Bertz CT molecular complexity index is 895. The summed E-state index contributed by atoms with van der Waals surface area (Å²) in [5, 5.41) is 10.2. The van der Waals surface area contributed by atoms with Crippen LogP contribution in [0, 0.1) is 0 Å². The van der Waals surface area contributed by atoms with Crippen molar-refractivity contribution in [1.29, 1.82) is 0 Å². The van der Waals surface area contributed by atoms with Crippen LogP contribution in [-0.2, 0) is 29.2 Å². The lowest BCUT2D eigenvalue weighted by molar-refractivity contribution is -0.137. The third-order valence-corrected chi connectivity index (χ3v) is 4.95. The first-order valence-corrected chi connectivity index (χ1v) is 9.17. The molecule has 2 aromatic carbocycles. The number of aromatic hydroxyl groups is 1. The second-order valence-electron chi connectivity index (χ2n) is 8.21. The number of hydrogen-bond donors (Lipinski definition) is 1. The Balaban J connectivity index is 1.74. The van der Waals surface area contributed by atoms with Crippen molar-refractivity contribution in [1.82, 2.24) is 0 Å². The second-order valence-corrected chi connectivity index (χ2v) is 8.21. The third-order valence-electron chi connectivity index (χ3n) is 4.95. The first-order chi connectivity index (χ1) is 12.9. The van der Waals surface area contributed by atoms with E-state index in [1.807, 2.05) is 20.8 Å². The number of ether oxygens (including phenoxy) is 1. The quantitative estimate of drug-likeness (QED) is 0.780. The predicted molar refractivity (Wildman–Crippen MR) is 99.7 cm³/mol. The topological polar surface area (TPSA) is 46.5 Å². The number of phenols is 1. The van der Waals surface area contributed by atoms with Gasteiger partial charge in [-0.25, -0.2) is 0 Å². The van der Waals surface area contributed by atoms with Gasteiger partial charge in [0.1, 0.15) is 11.5 Å². The molecule has 1 aliphatic rings. The van der Waals surface area contributed by atoms with Gasteiger partial charge in [0.2, 0.25) is 0 Å². The molecule has 1 unspecified atom stereocenters. The van der Waals surface area contributed by atoms with Crippen LogP contribution in [0.25, 0.3) is 0 Å². The number of rotatable bonds is 3. The molecule has 0 aromatic heterocycles. The Hall–Kier alpha value is -2.50. The molecule has 0 radical (unpaired) electrons. The third kappa shape index (κ3) is 4.32. The molecule has 2 aromatic rings. The van der Waals surface area contributed by atoms with Gasteiger partial charge in [-0.05, 0) is 53.1 Å². The van der Waals surface area contributed by atoms with E-state index in [0.29, 0.717) is 24.0 Å². The van der Waals surface area contributed by atoms with Crippen LogP contribution in [-0.4, -0.2) is 17.0 Å². The average molecular weight is 392 g/mol. The number of fused-ring (bicyclic) bond motifs is 1. The van der Waals surface area contributed by atoms with Gasteiger partial charge in [-0.1, -0.05) is 39.0 Å². The minimum atomic E-state index is -4.46. The molecule has 1 aliphatic heterocycles. The monoisotopic (exact) mass is 392 g/mol. The zero-order chi connectivity index (χ0) is 20.7. The number of benzene rings is 2. The number of hydrogen-bond acceptors (Lipinski definition) is 3. The number of Topliss-reactive ketones (excluding diaryl/α,β-unsaturated/α-hetero) is 1. The zero-order valence-electron chi connectivity index (χ0n) is 16.1. The van der Waals surface area contributed by atoms with Crippen molar-refractivity contribution in [2.45, 2.75) is 57.7 Å². The highest BCUT2D eigenvalue weighted by atomic mass is 19.4. The van der Waals surface area contributed by atoms with E-state index in [1.165, 1.54) is 6.07 Å². The van der Waals surface area contributed by atoms with Crippen LogP contribution in [0.2, 0.25) is 0 Å². The van der Waals surface area contributed by atoms with Crippen molar-refractivity contribution in [3.05, 3.63) is 58.7 Å². The first-order valence-electron chi connectivity index (χ1n) is 9.17. The summed E-state index contributed by atoms with van der Waals surface area (Å²) in [5.41, 5.74) is 1.09. The average Bonchev–Trinajstić information content (AvgIpc) is 2.59. The SMILES string of the molecule is CC(C)(C)c1ccc(CC(=O)C2CCc3ccc(C(F)(F)F)cc3O2)cc1O. The molecule has 3 rings (SSSR count). The summed E-state index contributed by atoms with van der Waals surface area (Å²) < 4.78 is 44.3. The van der Waals surface area contributed by atoms with Gasteiger partial charge in [0.15, 0.2) is 11.9 Å². The molecule has 0 saturated carbocycles. The van der Waals surface area contributed by atoms with E-state index in [-0.39, 0.29) is 29.1 Å². The number of ketones is 1. The van der Waals surface area contributed by atoms with Gasteiger partial charge in [-0.15, -0.1) is 0 Å². The van der Waals surface area contributed by atoms with Crippen LogP contribution in [0.5, 0.6) is 11.5 Å². The normalized spacial score (nSPS) is 17.0. The Labute approximate surface area is 162 Å². The Morgan fingerprint density at radius 3 is 2.46 bits per heavy atom. The largest absolute Gasteiger partial charge is 0.508 e. The molecule has 1 N–H and O–H groups in total. The molecular formula is C22H23F3O3. The summed E-state index contributed by atoms with van der Waals surface area (Å²) in [7, 11) is 0. The van der Waals surface area contributed by atoms with E-state index in [9.17, 15) is 23.1 Å². The highest BCUT2D eigenvalue weighted by Gasteiger charge is 2.33. The fourth-order valence-corrected chi connectivity index (χ4v) is 3.41. The molecule has 0 aliphatic carbocycles. The van der Waals surface area contributed by atoms with Crippen LogP contribution in [0.4, 0.5) is 13.2 Å². The molecule has 0 fully saturated rings. The lowest BCUT2D eigenvalue weighted by Gasteiger charge is -2.26. The highest BCUT2D eigenvalue weighted by molar-refractivity contribution is 5.86. The van der Waals surface area contributed by atoms with Gasteiger partial charge in [0, 0.05) is 6.42 Å². The van der Waals surface area contributed by atoms with Crippen molar-refractivity contribution >= 4 is 5.78 Å². The summed E-state index contributed by atoms with van der Waals surface area (Å²) >= 11 is 0. The summed E-state index contributed by atoms with van der Waals surface area (Å²) in [6, 6.07) is 8.54. The van der Waals surface area contributed by atoms with E-state index >= 15 is 0 Å². The van der Waals surface area contributed by atoms with E-state index in [4.69, 9.17) is 4.74 Å². The molecule has 6 heteroatoms. The van der Waals surface area contributed by atoms with Gasteiger partial charge in [0.25, 0.3) is 0 Å². The van der Waals surface area contributed by atoms with Crippen LogP contribution < -0.4 is 4.74 Å². The lowest BCUT2D eigenvalue weighted by atomic mass is 9.85. The van der Waals surface area contributed by atoms with E-state index < -0.39 is 17.8 Å². The molecule has 150 valence electrons. The molecular weight excluding hydrogens is 369 g/mol. The van der Waals surface area contributed by atoms with Crippen molar-refractivity contribution in [2.75, 3.05) is 0 Å². The van der Waals surface area contributed by atoms with Crippen LogP contribution >= 0.6 is 0 Å². The van der Waals surface area contributed by atoms with Gasteiger partial charge in [0.05, 0.1) is 5.56 Å². The fraction of sp³-hybridized carbons (Fsp3) is 0.409. The molecule has 1 atom stereocenters. The van der Waals surface area contributed by atoms with E-state index in [1.54, 1.807) is 18.2 Å². The Kier molecular flexibility index (Phi) is 5.17. The highest BCUT2D eigenvalue weighted by Crippen LogP contribution is 2.36. The van der Waals surface area contributed by atoms with E-state index in [0.717, 1.165) is 17.7 Å². The van der Waals surface area contributed by atoms with Gasteiger partial charge in [-0.3, -0.25) is 4.79 Å². The Morgan fingerprint density at radius 2 is 1.86 bits per heavy atom. The fourth-order valence-electron chi connectivity index (χ4n) is 3.41. The zero-order valence-corrected chi connectivity index (χ0v) is 16.1. The lowest BCUT2D eigenvalue weighted by Crippen LogP contribution is -2.32. The van der Waals surface area contributed by atoms with Crippen LogP contribution in [0.3, 0.4) is 0 Å². The Morgan fingerprint density at radius 1 is 1.14 bits per heavy atom. The number of carbonyl (C=O) groups is 1. The molecule has 0 spiro atoms. The smallest absolute Gasteiger partial charge is 0.416 e. The standard InChI is InChI=1S/C22H23F3O3/c1-21(2,3)16-8-4-13(10-17(16)26)11-18(27)19-9-6-14-5-7-15(22(23,24)25)12-20(14)28-19/h4-5,7-8,10,12,19,26H,6,9,11H2,1-3H3. The maximum absolute atomic E-state index is 12.9. The molecule has 28 heavy (non-hydrogen) atoms. The molecule has 0 bridgehead atoms. The first kappa shape index (κ1) is 20.2. The van der Waals surface area contributed by atoms with Crippen molar-refractivity contribution in [2.24, 2.45) is 0 Å². The maximum atomic E-state index is 12.9. The molecule has 3 nitrogen and oxygen atoms in total. The molecule has 0 saturated heterocycles. The molecule has 0 amide bonds. The van der Waals surface area contributed by atoms with E-state index in [2.05, 4.69) is 0 Å². The maximum Gasteiger partial charge on any atom is 0.416 e. The molecule has 1 heterocycles. The van der Waals surface area contributed by atoms with Crippen LogP contribution in [0.15, 0.2) is 36.4 Å². The summed E-state index contributed by atoms with van der Waals surface area (Å²) in [5.74, 6) is 0.0267. The predicted octanol–water partition coefficient (Wildman–Crippen LogP) is 5.21. The number of alkyl halides is 3. The minimum Gasteiger partial charge on any atom is -0.508 e. The minimum absolute atomic E-state index is 0.0525. The van der Waals surface area contributed by atoms with Crippen LogP contribution in [0.1, 0.15) is 49.4 Å². The second kappa shape index (κ2) is 7.15. The van der Waals surface area contributed by atoms with Crippen molar-refractivity contribution in [3.63, 3.8) is 0 Å². The number of halogens is 3. The van der Waals surface area contributed by atoms with Gasteiger partial charge >= 0.3 is 6.18 Å². The number of carbonyl (C=O) groups excluding carboxylic acids is 1. The number of phenolic OH excluding ortho intramolecular Hbond substituents is 1. The van der Waals surface area contributed by atoms with Crippen molar-refractivity contribution < 1.29 is 27.8 Å². The summed E-state index contributed by atoms with van der Waals surface area (Å²) in [4.78, 5) is 12.6. The van der Waals surface area contributed by atoms with Crippen molar-refractivity contribution in [3.8, 4) is 11.5 Å². The van der Waals surface area contributed by atoms with Gasteiger partial charge in [-0.2, -0.15) is 13.2 Å².